The topological polar surface area (TPSA) is 38.8 Å². The van der Waals surface area contributed by atoms with Crippen LogP contribution in [0.5, 0.6) is 0 Å². The number of hydrogen-bond donors (Lipinski definition) is 1. The number of nitrogens with zero attached hydrogens (tertiary/aromatic N) is 3. The van der Waals surface area contributed by atoms with Gasteiger partial charge in [-0.05, 0) is 63.0 Å². The van der Waals surface area contributed by atoms with E-state index in [4.69, 9.17) is 0 Å². The SMILES string of the molecule is CN(c1ccccc1)c1ccccc1NC(=O)N1CCC[C@H](N2CCCC2)C1. The Bertz CT molecular complexity index is 788. The maximum Gasteiger partial charge on any atom is 0.321 e. The summed E-state index contributed by atoms with van der Waals surface area (Å²) in [5.41, 5.74) is 2.94. The van der Waals surface area contributed by atoms with Crippen LogP contribution in [0.3, 0.4) is 0 Å². The van der Waals surface area contributed by atoms with Crippen LogP contribution in [-0.2, 0) is 0 Å². The van der Waals surface area contributed by atoms with Gasteiger partial charge in [0, 0.05) is 31.9 Å². The van der Waals surface area contributed by atoms with Crippen LogP contribution >= 0.6 is 0 Å². The van der Waals surface area contributed by atoms with E-state index in [0.717, 1.165) is 36.6 Å². The normalized spacial score (nSPS) is 20.2. The first-order chi connectivity index (χ1) is 13.7. The molecule has 2 aromatic carbocycles. The van der Waals surface area contributed by atoms with Crippen LogP contribution < -0.4 is 10.2 Å². The van der Waals surface area contributed by atoms with Crippen molar-refractivity contribution in [3.8, 4) is 0 Å². The fourth-order valence-electron chi connectivity index (χ4n) is 4.40. The van der Waals surface area contributed by atoms with Crippen molar-refractivity contribution >= 4 is 23.1 Å². The first kappa shape index (κ1) is 18.8. The minimum atomic E-state index is 0.0119. The maximum atomic E-state index is 13.0. The minimum absolute atomic E-state index is 0.0119. The number of amides is 2. The second-order valence-electron chi connectivity index (χ2n) is 7.83. The summed E-state index contributed by atoms with van der Waals surface area (Å²) in [6.45, 7) is 4.05. The number of carbonyl (C=O) groups is 1. The largest absolute Gasteiger partial charge is 0.343 e. The molecule has 1 atom stereocenters. The van der Waals surface area contributed by atoms with Gasteiger partial charge in [-0.2, -0.15) is 0 Å². The Labute approximate surface area is 167 Å². The van der Waals surface area contributed by atoms with Crippen molar-refractivity contribution in [1.29, 1.82) is 0 Å². The van der Waals surface area contributed by atoms with Crippen molar-refractivity contribution in [2.75, 3.05) is 43.4 Å². The molecule has 0 radical (unpaired) electrons. The van der Waals surface area contributed by atoms with E-state index in [2.05, 4.69) is 27.2 Å². The molecule has 5 heteroatoms. The summed E-state index contributed by atoms with van der Waals surface area (Å²) in [6, 6.07) is 18.8. The average Bonchev–Trinajstić information content (AvgIpc) is 3.29. The molecule has 4 rings (SSSR count). The number of anilines is 3. The van der Waals surface area contributed by atoms with E-state index in [0.29, 0.717) is 6.04 Å². The molecule has 2 fully saturated rings. The minimum Gasteiger partial charge on any atom is -0.343 e. The number of para-hydroxylation sites is 3. The molecule has 2 aliphatic heterocycles. The first-order valence-electron chi connectivity index (χ1n) is 10.4. The molecule has 2 aliphatic rings. The van der Waals surface area contributed by atoms with Crippen LogP contribution in [0.25, 0.3) is 0 Å². The van der Waals surface area contributed by atoms with E-state index >= 15 is 0 Å². The second-order valence-corrected chi connectivity index (χ2v) is 7.83. The number of piperidine rings is 1. The van der Waals surface area contributed by atoms with Gasteiger partial charge in [0.2, 0.25) is 0 Å². The highest BCUT2D eigenvalue weighted by Gasteiger charge is 2.29. The maximum absolute atomic E-state index is 13.0. The monoisotopic (exact) mass is 378 g/mol. The third-order valence-corrected chi connectivity index (χ3v) is 5.99. The van der Waals surface area contributed by atoms with Crippen LogP contribution in [-0.4, -0.2) is 55.1 Å². The molecule has 2 saturated heterocycles. The number of rotatable bonds is 4. The van der Waals surface area contributed by atoms with Crippen LogP contribution in [0.4, 0.5) is 21.9 Å². The lowest BCUT2D eigenvalue weighted by atomic mass is 10.0. The van der Waals surface area contributed by atoms with Gasteiger partial charge in [-0.1, -0.05) is 30.3 Å². The molecule has 0 spiro atoms. The first-order valence-corrected chi connectivity index (χ1v) is 10.4. The Kier molecular flexibility index (Phi) is 5.81. The Balaban J connectivity index is 1.46. The highest BCUT2D eigenvalue weighted by atomic mass is 16.2. The third kappa shape index (κ3) is 4.14. The summed E-state index contributed by atoms with van der Waals surface area (Å²) in [5.74, 6) is 0. The zero-order valence-electron chi connectivity index (χ0n) is 16.7. The number of nitrogens with one attached hydrogen (secondary N) is 1. The van der Waals surface area contributed by atoms with Gasteiger partial charge in [-0.3, -0.25) is 4.90 Å². The molecule has 2 aromatic rings. The highest BCUT2D eigenvalue weighted by Crippen LogP contribution is 2.31. The number of carbonyl (C=O) groups excluding carboxylic acids is 1. The summed E-state index contributed by atoms with van der Waals surface area (Å²) in [7, 11) is 2.03. The number of urea groups is 1. The van der Waals surface area contributed by atoms with Crippen molar-refractivity contribution in [3.63, 3.8) is 0 Å². The van der Waals surface area contributed by atoms with Crippen molar-refractivity contribution in [1.82, 2.24) is 9.80 Å². The lowest BCUT2D eigenvalue weighted by molar-refractivity contribution is 0.132. The third-order valence-electron chi connectivity index (χ3n) is 5.99. The van der Waals surface area contributed by atoms with Crippen molar-refractivity contribution in [2.24, 2.45) is 0 Å². The molecule has 0 unspecified atom stereocenters. The Hall–Kier alpha value is -2.53. The zero-order valence-corrected chi connectivity index (χ0v) is 16.7. The van der Waals surface area contributed by atoms with E-state index in [9.17, 15) is 4.79 Å². The Morgan fingerprint density at radius 2 is 1.68 bits per heavy atom. The molecule has 148 valence electrons. The molecule has 0 aliphatic carbocycles. The van der Waals surface area contributed by atoms with E-state index in [-0.39, 0.29) is 6.03 Å². The van der Waals surface area contributed by atoms with Crippen LogP contribution in [0.1, 0.15) is 25.7 Å². The van der Waals surface area contributed by atoms with Gasteiger partial charge in [0.25, 0.3) is 0 Å². The summed E-state index contributed by atoms with van der Waals surface area (Å²) < 4.78 is 0. The van der Waals surface area contributed by atoms with Gasteiger partial charge in [-0.25, -0.2) is 4.79 Å². The predicted molar refractivity (Wildman–Crippen MR) is 115 cm³/mol. The average molecular weight is 379 g/mol. The summed E-state index contributed by atoms with van der Waals surface area (Å²) >= 11 is 0. The van der Waals surface area contributed by atoms with Crippen molar-refractivity contribution in [2.45, 2.75) is 31.7 Å². The number of benzene rings is 2. The predicted octanol–water partition coefficient (Wildman–Crippen LogP) is 4.55. The quantitative estimate of drug-likeness (QED) is 0.848. The standard InChI is InChI=1S/C23H30N4O/c1-25(19-10-3-2-4-11-19)22-14-6-5-13-21(22)24-23(28)27-17-9-12-20(18-27)26-15-7-8-16-26/h2-6,10-11,13-14,20H,7-9,12,15-18H2,1H3,(H,24,28)/t20-/m0/s1. The number of hydrogen-bond acceptors (Lipinski definition) is 3. The Morgan fingerprint density at radius 1 is 0.964 bits per heavy atom. The fraction of sp³-hybridized carbons (Fsp3) is 0.435. The van der Waals surface area contributed by atoms with Gasteiger partial charge in [0.05, 0.1) is 11.4 Å². The molecule has 28 heavy (non-hydrogen) atoms. The molecule has 2 amide bonds. The van der Waals surface area contributed by atoms with Gasteiger partial charge >= 0.3 is 6.03 Å². The van der Waals surface area contributed by atoms with Gasteiger partial charge in [-0.15, -0.1) is 0 Å². The van der Waals surface area contributed by atoms with E-state index < -0.39 is 0 Å². The Morgan fingerprint density at radius 3 is 2.46 bits per heavy atom. The molecular weight excluding hydrogens is 348 g/mol. The van der Waals surface area contributed by atoms with Crippen LogP contribution in [0.15, 0.2) is 54.6 Å². The van der Waals surface area contributed by atoms with Gasteiger partial charge in [0.1, 0.15) is 0 Å². The van der Waals surface area contributed by atoms with Gasteiger partial charge in [0.15, 0.2) is 0 Å². The summed E-state index contributed by atoms with van der Waals surface area (Å²) in [4.78, 5) is 19.7. The molecule has 0 aromatic heterocycles. The molecular formula is C23H30N4O. The zero-order chi connectivity index (χ0) is 19.3. The van der Waals surface area contributed by atoms with E-state index in [1.807, 2.05) is 54.4 Å². The van der Waals surface area contributed by atoms with E-state index in [1.54, 1.807) is 0 Å². The second kappa shape index (κ2) is 8.65. The molecule has 1 N–H and O–H groups in total. The van der Waals surface area contributed by atoms with Crippen LogP contribution in [0, 0.1) is 0 Å². The lowest BCUT2D eigenvalue weighted by Crippen LogP contribution is -2.50. The molecule has 0 bridgehead atoms. The molecule has 0 saturated carbocycles. The van der Waals surface area contributed by atoms with Crippen molar-refractivity contribution < 1.29 is 4.79 Å². The molecule has 5 nitrogen and oxygen atoms in total. The lowest BCUT2D eigenvalue weighted by Gasteiger charge is -2.37. The smallest absolute Gasteiger partial charge is 0.321 e. The summed E-state index contributed by atoms with van der Waals surface area (Å²) in [5, 5.41) is 3.17. The van der Waals surface area contributed by atoms with Crippen molar-refractivity contribution in [3.05, 3.63) is 54.6 Å². The number of likely N-dealkylation sites (tertiary alicyclic amines) is 2. The highest BCUT2D eigenvalue weighted by molar-refractivity contribution is 5.94. The van der Waals surface area contributed by atoms with Crippen LogP contribution in [0.2, 0.25) is 0 Å². The fourth-order valence-corrected chi connectivity index (χ4v) is 4.40. The summed E-state index contributed by atoms with van der Waals surface area (Å²) in [6.07, 6.45) is 4.88. The van der Waals surface area contributed by atoms with E-state index in [1.165, 1.54) is 32.4 Å². The molecule has 2 heterocycles. The van der Waals surface area contributed by atoms with Gasteiger partial charge < -0.3 is 15.1 Å².